The Morgan fingerprint density at radius 3 is 2.22 bits per heavy atom. The SMILES string of the molecule is CN(C)S(=O)(=O)CCNC(=O)C(O)c1ccc(C(F)(F)F)cc1. The van der Waals surface area contributed by atoms with E-state index in [2.05, 4.69) is 5.32 Å². The minimum Gasteiger partial charge on any atom is -0.378 e. The molecule has 0 heterocycles. The lowest BCUT2D eigenvalue weighted by molar-refractivity contribution is -0.137. The second-order valence-corrected chi connectivity index (χ2v) is 7.21. The maximum Gasteiger partial charge on any atom is 0.416 e. The highest BCUT2D eigenvalue weighted by Crippen LogP contribution is 2.29. The summed E-state index contributed by atoms with van der Waals surface area (Å²) in [4.78, 5) is 11.7. The van der Waals surface area contributed by atoms with Gasteiger partial charge in [0.2, 0.25) is 10.0 Å². The second-order valence-electron chi connectivity index (χ2n) is 4.91. The van der Waals surface area contributed by atoms with E-state index in [1.54, 1.807) is 0 Å². The van der Waals surface area contributed by atoms with E-state index in [1.807, 2.05) is 0 Å². The molecule has 6 nitrogen and oxygen atoms in total. The zero-order valence-corrected chi connectivity index (χ0v) is 13.3. The van der Waals surface area contributed by atoms with E-state index in [0.29, 0.717) is 0 Å². The van der Waals surface area contributed by atoms with E-state index in [-0.39, 0.29) is 17.9 Å². The van der Waals surface area contributed by atoms with Crippen LogP contribution in [0, 0.1) is 0 Å². The third-order valence-electron chi connectivity index (χ3n) is 3.02. The van der Waals surface area contributed by atoms with Gasteiger partial charge in [-0.15, -0.1) is 0 Å². The number of hydrogen-bond acceptors (Lipinski definition) is 4. The van der Waals surface area contributed by atoms with Crippen molar-refractivity contribution < 1.29 is 31.5 Å². The molecule has 23 heavy (non-hydrogen) atoms. The standard InChI is InChI=1S/C13H17F3N2O4S/c1-18(2)23(21,22)8-7-17-12(20)11(19)9-3-5-10(6-4-9)13(14,15)16/h3-6,11,19H,7-8H2,1-2H3,(H,17,20). The predicted molar refractivity (Wildman–Crippen MR) is 76.9 cm³/mol. The molecule has 1 aromatic carbocycles. The van der Waals surface area contributed by atoms with Crippen LogP contribution in [0.5, 0.6) is 0 Å². The number of hydrogen-bond donors (Lipinski definition) is 2. The van der Waals surface area contributed by atoms with Crippen LogP contribution in [-0.2, 0) is 21.0 Å². The number of halogens is 3. The van der Waals surface area contributed by atoms with Crippen LogP contribution in [0.4, 0.5) is 13.2 Å². The van der Waals surface area contributed by atoms with Crippen LogP contribution in [0.15, 0.2) is 24.3 Å². The van der Waals surface area contributed by atoms with Gasteiger partial charge in [0.05, 0.1) is 11.3 Å². The van der Waals surface area contributed by atoms with Gasteiger partial charge in [0.1, 0.15) is 0 Å². The van der Waals surface area contributed by atoms with Crippen LogP contribution < -0.4 is 5.32 Å². The molecule has 1 unspecified atom stereocenters. The number of nitrogens with one attached hydrogen (secondary N) is 1. The fourth-order valence-corrected chi connectivity index (χ4v) is 2.31. The molecule has 0 aliphatic heterocycles. The van der Waals surface area contributed by atoms with Gasteiger partial charge in [-0.2, -0.15) is 13.2 Å². The van der Waals surface area contributed by atoms with Crippen molar-refractivity contribution in [1.82, 2.24) is 9.62 Å². The summed E-state index contributed by atoms with van der Waals surface area (Å²) in [7, 11) is -0.811. The fraction of sp³-hybridized carbons (Fsp3) is 0.462. The van der Waals surface area contributed by atoms with Gasteiger partial charge in [-0.25, -0.2) is 12.7 Å². The molecule has 0 fully saturated rings. The highest BCUT2D eigenvalue weighted by molar-refractivity contribution is 7.89. The first-order valence-corrected chi connectivity index (χ1v) is 8.09. The zero-order chi connectivity index (χ0) is 17.8. The summed E-state index contributed by atoms with van der Waals surface area (Å²) in [6.45, 7) is -0.225. The van der Waals surface area contributed by atoms with Crippen LogP contribution in [0.1, 0.15) is 17.2 Å². The van der Waals surface area contributed by atoms with Gasteiger partial charge in [0, 0.05) is 20.6 Å². The highest BCUT2D eigenvalue weighted by atomic mass is 32.2. The van der Waals surface area contributed by atoms with Crippen molar-refractivity contribution in [3.63, 3.8) is 0 Å². The quantitative estimate of drug-likeness (QED) is 0.789. The summed E-state index contributed by atoms with van der Waals surface area (Å²) in [5, 5.41) is 12.0. The molecule has 0 radical (unpaired) electrons. The Balaban J connectivity index is 2.64. The number of carbonyl (C=O) groups is 1. The third-order valence-corrected chi connectivity index (χ3v) is 4.85. The first-order valence-electron chi connectivity index (χ1n) is 6.48. The molecule has 0 saturated carbocycles. The van der Waals surface area contributed by atoms with Gasteiger partial charge in [-0.05, 0) is 17.7 Å². The van der Waals surface area contributed by atoms with Crippen molar-refractivity contribution in [2.45, 2.75) is 12.3 Å². The number of amides is 1. The van der Waals surface area contributed by atoms with Crippen LogP contribution in [0.2, 0.25) is 0 Å². The average Bonchev–Trinajstić information content (AvgIpc) is 2.45. The number of alkyl halides is 3. The van der Waals surface area contributed by atoms with Crippen LogP contribution in [0.25, 0.3) is 0 Å². The van der Waals surface area contributed by atoms with Crippen molar-refractivity contribution in [2.24, 2.45) is 0 Å². The molecule has 1 aromatic rings. The molecule has 130 valence electrons. The smallest absolute Gasteiger partial charge is 0.378 e. The number of carbonyl (C=O) groups excluding carboxylic acids is 1. The summed E-state index contributed by atoms with van der Waals surface area (Å²) in [6.07, 6.45) is -6.19. The van der Waals surface area contributed by atoms with E-state index in [1.165, 1.54) is 14.1 Å². The van der Waals surface area contributed by atoms with E-state index >= 15 is 0 Å². The Labute approximate surface area is 132 Å². The summed E-state index contributed by atoms with van der Waals surface area (Å²) in [5.41, 5.74) is -0.920. The van der Waals surface area contributed by atoms with Gasteiger partial charge >= 0.3 is 6.18 Å². The number of aliphatic hydroxyl groups is 1. The van der Waals surface area contributed by atoms with Gasteiger partial charge in [-0.3, -0.25) is 4.79 Å². The first-order chi connectivity index (χ1) is 10.4. The maximum absolute atomic E-state index is 12.4. The third kappa shape index (κ3) is 5.48. The van der Waals surface area contributed by atoms with Crippen molar-refractivity contribution in [1.29, 1.82) is 0 Å². The summed E-state index contributed by atoms with van der Waals surface area (Å²) < 4.78 is 61.2. The molecule has 10 heteroatoms. The lowest BCUT2D eigenvalue weighted by atomic mass is 10.1. The molecule has 0 bridgehead atoms. The molecular weight excluding hydrogens is 337 g/mol. The maximum atomic E-state index is 12.4. The largest absolute Gasteiger partial charge is 0.416 e. The van der Waals surface area contributed by atoms with E-state index in [4.69, 9.17) is 0 Å². The predicted octanol–water partition coefficient (Wildman–Crippen LogP) is 0.746. The van der Waals surface area contributed by atoms with Crippen LogP contribution >= 0.6 is 0 Å². The van der Waals surface area contributed by atoms with Crippen molar-refractivity contribution in [3.8, 4) is 0 Å². The van der Waals surface area contributed by atoms with E-state index in [0.717, 1.165) is 28.6 Å². The summed E-state index contributed by atoms with van der Waals surface area (Å²) in [5.74, 6) is -1.25. The van der Waals surface area contributed by atoms with Gasteiger partial charge in [0.15, 0.2) is 6.10 Å². The minimum absolute atomic E-state index is 0.0223. The second kappa shape index (κ2) is 7.28. The molecular formula is C13H17F3N2O4S. The summed E-state index contributed by atoms with van der Waals surface area (Å²) >= 11 is 0. The number of sulfonamides is 1. The van der Waals surface area contributed by atoms with Gasteiger partial charge in [0.25, 0.3) is 5.91 Å². The molecule has 0 aliphatic rings. The minimum atomic E-state index is -4.51. The summed E-state index contributed by atoms with van der Waals surface area (Å²) in [6, 6.07) is 3.48. The Morgan fingerprint density at radius 2 is 1.78 bits per heavy atom. The number of rotatable bonds is 6. The lowest BCUT2D eigenvalue weighted by Crippen LogP contribution is -2.36. The van der Waals surface area contributed by atoms with Crippen molar-refractivity contribution in [3.05, 3.63) is 35.4 Å². The van der Waals surface area contributed by atoms with Gasteiger partial charge < -0.3 is 10.4 Å². The molecule has 2 N–H and O–H groups in total. The van der Waals surface area contributed by atoms with E-state index < -0.39 is 33.8 Å². The van der Waals surface area contributed by atoms with E-state index in [9.17, 15) is 31.5 Å². The first kappa shape index (κ1) is 19.4. The Bertz CT molecular complexity index is 642. The average molecular weight is 354 g/mol. The Kier molecular flexibility index (Phi) is 6.14. The Morgan fingerprint density at radius 1 is 1.26 bits per heavy atom. The van der Waals surface area contributed by atoms with Crippen LogP contribution in [0.3, 0.4) is 0 Å². The number of benzene rings is 1. The molecule has 0 spiro atoms. The molecule has 0 aromatic heterocycles. The number of nitrogens with zero attached hydrogens (tertiary/aromatic N) is 1. The lowest BCUT2D eigenvalue weighted by Gasteiger charge is -2.14. The topological polar surface area (TPSA) is 86.7 Å². The molecule has 0 saturated heterocycles. The van der Waals surface area contributed by atoms with Crippen LogP contribution in [-0.4, -0.2) is 50.1 Å². The molecule has 0 aliphatic carbocycles. The normalized spacial score (nSPS) is 13.9. The number of aliphatic hydroxyl groups excluding tert-OH is 1. The molecule has 1 atom stereocenters. The van der Waals surface area contributed by atoms with Gasteiger partial charge in [-0.1, -0.05) is 12.1 Å². The Hall–Kier alpha value is -1.65. The highest BCUT2D eigenvalue weighted by Gasteiger charge is 2.30. The zero-order valence-electron chi connectivity index (χ0n) is 12.5. The fourth-order valence-electron chi connectivity index (χ4n) is 1.59. The molecule has 1 rings (SSSR count). The monoisotopic (exact) mass is 354 g/mol. The van der Waals surface area contributed by atoms with Crippen molar-refractivity contribution >= 4 is 15.9 Å². The van der Waals surface area contributed by atoms with Crippen molar-refractivity contribution in [2.75, 3.05) is 26.4 Å². The molecule has 1 amide bonds.